The van der Waals surface area contributed by atoms with Crippen LogP contribution in [0.1, 0.15) is 67.6 Å². The lowest BCUT2D eigenvalue weighted by atomic mass is 9.87. The van der Waals surface area contributed by atoms with Crippen LogP contribution in [0.15, 0.2) is 84.9 Å². The summed E-state index contributed by atoms with van der Waals surface area (Å²) in [6, 6.07) is 29.3. The molecule has 0 fully saturated rings. The maximum absolute atomic E-state index is 9.10. The van der Waals surface area contributed by atoms with Crippen molar-refractivity contribution in [1.82, 2.24) is 0 Å². The van der Waals surface area contributed by atoms with Crippen LogP contribution in [0, 0.1) is 0 Å². The summed E-state index contributed by atoms with van der Waals surface area (Å²) in [5.74, 6) is 1.06. The zero-order valence-corrected chi connectivity index (χ0v) is 19.0. The van der Waals surface area contributed by atoms with Crippen LogP contribution in [0.25, 0.3) is 0 Å². The predicted molar refractivity (Wildman–Crippen MR) is 129 cm³/mol. The van der Waals surface area contributed by atoms with Gasteiger partial charge in [0.1, 0.15) is 5.75 Å². The second-order valence-electron chi connectivity index (χ2n) is 7.99. The summed E-state index contributed by atoms with van der Waals surface area (Å²) < 4.78 is 5.13. The van der Waals surface area contributed by atoms with Gasteiger partial charge in [0, 0.05) is 5.92 Å². The standard InChI is InChI=1S/C27H33O3P/c28-31(29)30-27-22-14-13-20-25(27)19-7-3-1-2-4-12-21-26(23-15-8-5-9-16-23)24-17-10-6-11-18-24/h5-6,8-11,13-18,20,22,26,28-29H,1-4,7,12,19,21H2. The van der Waals surface area contributed by atoms with Crippen molar-refractivity contribution in [2.45, 2.75) is 57.3 Å². The molecular formula is C27H33O3P. The molecule has 0 unspecified atom stereocenters. The van der Waals surface area contributed by atoms with E-state index in [4.69, 9.17) is 14.3 Å². The number of hydrogen-bond donors (Lipinski definition) is 2. The third-order valence-corrected chi connectivity index (χ3v) is 6.11. The van der Waals surface area contributed by atoms with Gasteiger partial charge in [-0.2, -0.15) is 0 Å². The van der Waals surface area contributed by atoms with Crippen molar-refractivity contribution in [3.8, 4) is 5.75 Å². The van der Waals surface area contributed by atoms with E-state index in [1.165, 1.54) is 49.7 Å². The molecule has 0 saturated carbocycles. The van der Waals surface area contributed by atoms with Gasteiger partial charge in [-0.3, -0.25) is 0 Å². The Hall–Kier alpha value is -2.19. The lowest BCUT2D eigenvalue weighted by Crippen LogP contribution is -2.01. The van der Waals surface area contributed by atoms with Gasteiger partial charge in [-0.05, 0) is 42.0 Å². The first-order chi connectivity index (χ1) is 15.2. The fraction of sp³-hybridized carbons (Fsp3) is 0.333. The summed E-state index contributed by atoms with van der Waals surface area (Å²) in [6.07, 6.45) is 9.35. The fourth-order valence-electron chi connectivity index (χ4n) is 4.15. The van der Waals surface area contributed by atoms with E-state index in [1.807, 2.05) is 18.2 Å². The van der Waals surface area contributed by atoms with E-state index in [0.717, 1.165) is 18.4 Å². The molecule has 0 spiro atoms. The number of para-hydroxylation sites is 1. The highest BCUT2D eigenvalue weighted by Crippen LogP contribution is 2.32. The Labute approximate surface area is 187 Å². The van der Waals surface area contributed by atoms with Gasteiger partial charge in [0.25, 0.3) is 0 Å². The first-order valence-electron chi connectivity index (χ1n) is 11.3. The van der Waals surface area contributed by atoms with E-state index in [-0.39, 0.29) is 0 Å². The maximum atomic E-state index is 9.10. The highest BCUT2D eigenvalue weighted by Gasteiger charge is 2.13. The van der Waals surface area contributed by atoms with Gasteiger partial charge >= 0.3 is 8.60 Å². The first kappa shape index (κ1) is 23.5. The highest BCUT2D eigenvalue weighted by molar-refractivity contribution is 7.39. The van der Waals surface area contributed by atoms with Gasteiger partial charge in [0.2, 0.25) is 0 Å². The van der Waals surface area contributed by atoms with Gasteiger partial charge < -0.3 is 14.3 Å². The molecule has 0 heterocycles. The van der Waals surface area contributed by atoms with E-state index < -0.39 is 8.60 Å². The molecule has 164 valence electrons. The molecule has 3 aromatic rings. The molecule has 0 bridgehead atoms. The van der Waals surface area contributed by atoms with Gasteiger partial charge in [-0.15, -0.1) is 0 Å². The molecule has 3 rings (SSSR count). The minimum absolute atomic E-state index is 0.474. The van der Waals surface area contributed by atoms with Crippen LogP contribution in [-0.2, 0) is 6.42 Å². The van der Waals surface area contributed by atoms with E-state index >= 15 is 0 Å². The molecule has 0 aliphatic rings. The number of rotatable bonds is 13. The smallest absolute Gasteiger partial charge is 0.391 e. The van der Waals surface area contributed by atoms with Crippen molar-refractivity contribution < 1.29 is 14.3 Å². The van der Waals surface area contributed by atoms with Crippen molar-refractivity contribution in [3.05, 3.63) is 102 Å². The normalized spacial score (nSPS) is 11.2. The SMILES string of the molecule is OP(O)Oc1ccccc1CCCCCCCCC(c1ccccc1)c1ccccc1. The van der Waals surface area contributed by atoms with Crippen LogP contribution in [-0.4, -0.2) is 9.79 Å². The monoisotopic (exact) mass is 436 g/mol. The molecule has 2 N–H and O–H groups in total. The topological polar surface area (TPSA) is 49.7 Å². The van der Waals surface area contributed by atoms with Crippen LogP contribution in [0.2, 0.25) is 0 Å². The molecular weight excluding hydrogens is 403 g/mol. The summed E-state index contributed by atoms with van der Waals surface area (Å²) >= 11 is 0. The van der Waals surface area contributed by atoms with Crippen LogP contribution in [0.4, 0.5) is 0 Å². The van der Waals surface area contributed by atoms with Crippen molar-refractivity contribution in [3.63, 3.8) is 0 Å². The second kappa shape index (κ2) is 13.3. The molecule has 0 saturated heterocycles. The first-order valence-corrected chi connectivity index (χ1v) is 12.4. The van der Waals surface area contributed by atoms with Crippen molar-refractivity contribution >= 4 is 8.60 Å². The Morgan fingerprint density at radius 2 is 1.13 bits per heavy atom. The van der Waals surface area contributed by atoms with Crippen LogP contribution in [0.5, 0.6) is 5.75 Å². The Morgan fingerprint density at radius 1 is 0.613 bits per heavy atom. The van der Waals surface area contributed by atoms with Gasteiger partial charge in [-0.25, -0.2) is 0 Å². The Balaban J connectivity index is 1.37. The number of hydrogen-bond acceptors (Lipinski definition) is 3. The average molecular weight is 437 g/mol. The molecule has 0 aliphatic carbocycles. The van der Waals surface area contributed by atoms with Crippen LogP contribution >= 0.6 is 8.60 Å². The van der Waals surface area contributed by atoms with E-state index in [9.17, 15) is 0 Å². The fourth-order valence-corrected chi connectivity index (χ4v) is 4.51. The zero-order chi connectivity index (χ0) is 21.7. The zero-order valence-electron chi connectivity index (χ0n) is 18.1. The molecule has 4 heteroatoms. The highest BCUT2D eigenvalue weighted by atomic mass is 31.2. The number of benzene rings is 3. The van der Waals surface area contributed by atoms with Gasteiger partial charge in [-0.1, -0.05) is 111 Å². The molecule has 0 aliphatic heterocycles. The summed E-state index contributed by atoms with van der Waals surface area (Å²) in [6.45, 7) is 0. The molecule has 0 radical (unpaired) electrons. The lowest BCUT2D eigenvalue weighted by molar-refractivity contribution is 0.373. The van der Waals surface area contributed by atoms with E-state index in [0.29, 0.717) is 11.7 Å². The average Bonchev–Trinajstić information content (AvgIpc) is 2.80. The minimum Gasteiger partial charge on any atom is -0.427 e. The lowest BCUT2D eigenvalue weighted by Gasteiger charge is -2.18. The molecule has 0 atom stereocenters. The number of aryl methyl sites for hydroxylation is 1. The van der Waals surface area contributed by atoms with E-state index in [1.54, 1.807) is 6.07 Å². The second-order valence-corrected chi connectivity index (χ2v) is 8.67. The number of unbranched alkanes of at least 4 members (excludes halogenated alkanes) is 5. The quantitative estimate of drug-likeness (QED) is 0.217. The summed E-state index contributed by atoms with van der Waals surface area (Å²) in [4.78, 5) is 18.2. The molecule has 0 aromatic heterocycles. The third kappa shape index (κ3) is 8.10. The Kier molecular flexibility index (Phi) is 10.0. The van der Waals surface area contributed by atoms with Gasteiger partial charge in [0.05, 0.1) is 0 Å². The van der Waals surface area contributed by atoms with Crippen molar-refractivity contribution in [2.24, 2.45) is 0 Å². The summed E-state index contributed by atoms with van der Waals surface area (Å²) in [5, 5.41) is 0. The molecule has 0 amide bonds. The summed E-state index contributed by atoms with van der Waals surface area (Å²) in [7, 11) is -2.36. The predicted octanol–water partition coefficient (Wildman–Crippen LogP) is 7.38. The minimum atomic E-state index is -2.36. The third-order valence-electron chi connectivity index (χ3n) is 5.75. The Morgan fingerprint density at radius 3 is 1.74 bits per heavy atom. The van der Waals surface area contributed by atoms with E-state index in [2.05, 4.69) is 60.7 Å². The molecule has 3 nitrogen and oxygen atoms in total. The van der Waals surface area contributed by atoms with Crippen molar-refractivity contribution in [1.29, 1.82) is 0 Å². The largest absolute Gasteiger partial charge is 0.427 e. The molecule has 31 heavy (non-hydrogen) atoms. The van der Waals surface area contributed by atoms with Crippen LogP contribution < -0.4 is 4.52 Å². The van der Waals surface area contributed by atoms with Crippen molar-refractivity contribution in [2.75, 3.05) is 0 Å². The Bertz CT molecular complexity index is 828. The van der Waals surface area contributed by atoms with Crippen LogP contribution in [0.3, 0.4) is 0 Å². The maximum Gasteiger partial charge on any atom is 0.391 e. The summed E-state index contributed by atoms with van der Waals surface area (Å²) in [5.41, 5.74) is 3.86. The van der Waals surface area contributed by atoms with Gasteiger partial charge in [0.15, 0.2) is 0 Å². The molecule has 3 aromatic carbocycles.